The van der Waals surface area contributed by atoms with E-state index in [1.165, 1.54) is 16.5 Å². The topological polar surface area (TPSA) is 29.9 Å². The van der Waals surface area contributed by atoms with Crippen molar-refractivity contribution in [1.29, 1.82) is 0 Å². The van der Waals surface area contributed by atoms with Crippen LogP contribution in [0.3, 0.4) is 0 Å². The van der Waals surface area contributed by atoms with Crippen molar-refractivity contribution < 1.29 is 0 Å². The van der Waals surface area contributed by atoms with Crippen molar-refractivity contribution >= 4 is 10.9 Å². The predicted octanol–water partition coefficient (Wildman–Crippen LogP) is 3.89. The molecule has 2 aromatic rings. The van der Waals surface area contributed by atoms with Gasteiger partial charge in [-0.05, 0) is 40.2 Å². The van der Waals surface area contributed by atoms with Gasteiger partial charge in [0.05, 0.1) is 11.2 Å². The number of aryl methyl sites for hydroxylation is 1. The molecule has 0 fully saturated rings. The van der Waals surface area contributed by atoms with Crippen molar-refractivity contribution in [2.45, 2.75) is 52.7 Å². The maximum Gasteiger partial charge on any atom is 0.0841 e. The van der Waals surface area contributed by atoms with Gasteiger partial charge in [0, 0.05) is 24.0 Å². The number of aromatic nitrogens is 2. The van der Waals surface area contributed by atoms with Gasteiger partial charge in [-0.15, -0.1) is 6.58 Å². The first-order valence-electron chi connectivity index (χ1n) is 7.21. The molecule has 1 aromatic heterocycles. The molecule has 1 N–H and O–H groups in total. The Kier molecular flexibility index (Phi) is 4.29. The molecule has 0 atom stereocenters. The van der Waals surface area contributed by atoms with Crippen LogP contribution in [0.5, 0.6) is 0 Å². The lowest BCUT2D eigenvalue weighted by Gasteiger charge is -2.19. The summed E-state index contributed by atoms with van der Waals surface area (Å²) in [6, 6.07) is 8.44. The van der Waals surface area contributed by atoms with E-state index in [0.717, 1.165) is 25.2 Å². The maximum absolute atomic E-state index is 4.78. The Labute approximate surface area is 121 Å². The van der Waals surface area contributed by atoms with E-state index in [-0.39, 0.29) is 5.54 Å². The number of fused-ring (bicyclic) bond motifs is 1. The summed E-state index contributed by atoms with van der Waals surface area (Å²) in [6.07, 6.45) is 0.970. The number of para-hydroxylation sites is 1. The zero-order chi connectivity index (χ0) is 14.8. The summed E-state index contributed by atoms with van der Waals surface area (Å²) in [7, 11) is 0. The highest BCUT2D eigenvalue weighted by atomic mass is 15.3. The Hall–Kier alpha value is -1.61. The molecule has 2 rings (SSSR count). The summed E-state index contributed by atoms with van der Waals surface area (Å²) >= 11 is 0. The highest BCUT2D eigenvalue weighted by molar-refractivity contribution is 5.81. The van der Waals surface area contributed by atoms with Crippen LogP contribution in [0.1, 0.15) is 39.8 Å². The van der Waals surface area contributed by atoms with Crippen molar-refractivity contribution in [2.75, 3.05) is 0 Å². The molecule has 0 aliphatic heterocycles. The molecule has 1 aromatic carbocycles. The molecule has 0 aliphatic carbocycles. The van der Waals surface area contributed by atoms with Crippen molar-refractivity contribution in [2.24, 2.45) is 0 Å². The average molecular weight is 271 g/mol. The number of hydrogen-bond acceptors (Lipinski definition) is 2. The fourth-order valence-electron chi connectivity index (χ4n) is 2.14. The Bertz CT molecular complexity index is 602. The first-order valence-corrected chi connectivity index (χ1v) is 7.21. The minimum Gasteiger partial charge on any atom is -0.306 e. The van der Waals surface area contributed by atoms with Crippen molar-refractivity contribution in [3.05, 3.63) is 42.1 Å². The molecule has 0 saturated carbocycles. The van der Waals surface area contributed by atoms with Crippen LogP contribution in [0.15, 0.2) is 36.4 Å². The number of rotatable bonds is 5. The van der Waals surface area contributed by atoms with Crippen LogP contribution in [-0.4, -0.2) is 15.3 Å². The van der Waals surface area contributed by atoms with Crippen LogP contribution in [0.2, 0.25) is 0 Å². The molecule has 0 saturated heterocycles. The van der Waals surface area contributed by atoms with E-state index in [1.54, 1.807) is 0 Å². The summed E-state index contributed by atoms with van der Waals surface area (Å²) in [5.41, 5.74) is 3.62. The summed E-state index contributed by atoms with van der Waals surface area (Å²) in [4.78, 5) is 0. The molecular weight excluding hydrogens is 246 g/mol. The average Bonchev–Trinajstić information content (AvgIpc) is 2.71. The van der Waals surface area contributed by atoms with Gasteiger partial charge in [0.1, 0.15) is 0 Å². The van der Waals surface area contributed by atoms with Crippen LogP contribution < -0.4 is 5.32 Å². The molecular formula is C17H25N3. The fraction of sp³-hybridized carbons (Fsp3) is 0.471. The van der Waals surface area contributed by atoms with Crippen LogP contribution >= 0.6 is 0 Å². The highest BCUT2D eigenvalue weighted by Gasteiger charge is 2.13. The molecule has 0 aliphatic rings. The third-order valence-electron chi connectivity index (χ3n) is 3.27. The van der Waals surface area contributed by atoms with Gasteiger partial charge >= 0.3 is 0 Å². The normalized spacial score (nSPS) is 12.0. The molecule has 0 amide bonds. The molecule has 0 unspecified atom stereocenters. The van der Waals surface area contributed by atoms with Crippen LogP contribution in [-0.2, 0) is 13.1 Å². The van der Waals surface area contributed by atoms with Crippen LogP contribution in [0, 0.1) is 0 Å². The maximum atomic E-state index is 4.78. The molecule has 1 heterocycles. The molecule has 108 valence electrons. The summed E-state index contributed by atoms with van der Waals surface area (Å²) in [5, 5.41) is 9.53. The SMILES string of the molecule is C=C(C)CCn1nc(CNC(C)(C)C)c2ccccc21. The molecule has 3 heteroatoms. The van der Waals surface area contributed by atoms with Crippen LogP contribution in [0.4, 0.5) is 0 Å². The predicted molar refractivity (Wildman–Crippen MR) is 85.8 cm³/mol. The van der Waals surface area contributed by atoms with Gasteiger partial charge in [-0.2, -0.15) is 5.10 Å². The molecule has 0 radical (unpaired) electrons. The van der Waals surface area contributed by atoms with Gasteiger partial charge in [-0.3, -0.25) is 4.68 Å². The number of benzene rings is 1. The second kappa shape index (κ2) is 5.80. The lowest BCUT2D eigenvalue weighted by atomic mass is 10.1. The van der Waals surface area contributed by atoms with E-state index in [9.17, 15) is 0 Å². The minimum absolute atomic E-state index is 0.0998. The molecule has 3 nitrogen and oxygen atoms in total. The largest absolute Gasteiger partial charge is 0.306 e. The number of nitrogens with zero attached hydrogens (tertiary/aromatic N) is 2. The van der Waals surface area contributed by atoms with Gasteiger partial charge < -0.3 is 5.32 Å². The first kappa shape index (κ1) is 14.8. The Morgan fingerprint density at radius 3 is 2.65 bits per heavy atom. The quantitative estimate of drug-likeness (QED) is 0.836. The van der Waals surface area contributed by atoms with E-state index in [2.05, 4.69) is 68.5 Å². The zero-order valence-corrected chi connectivity index (χ0v) is 13.0. The highest BCUT2D eigenvalue weighted by Crippen LogP contribution is 2.19. The Balaban J connectivity index is 2.28. The van der Waals surface area contributed by atoms with Gasteiger partial charge in [-0.25, -0.2) is 0 Å². The molecule has 0 spiro atoms. The van der Waals surface area contributed by atoms with Crippen molar-refractivity contribution in [1.82, 2.24) is 15.1 Å². The summed E-state index contributed by atoms with van der Waals surface area (Å²) in [6.45, 7) is 14.2. The monoisotopic (exact) mass is 271 g/mol. The lowest BCUT2D eigenvalue weighted by Crippen LogP contribution is -2.35. The van der Waals surface area contributed by atoms with E-state index in [0.29, 0.717) is 0 Å². The van der Waals surface area contributed by atoms with E-state index in [4.69, 9.17) is 5.10 Å². The molecule has 0 bridgehead atoms. The van der Waals surface area contributed by atoms with Crippen molar-refractivity contribution in [3.8, 4) is 0 Å². The van der Waals surface area contributed by atoms with Gasteiger partial charge in [0.25, 0.3) is 0 Å². The first-order chi connectivity index (χ1) is 9.37. The second-order valence-electron chi connectivity index (χ2n) is 6.50. The third kappa shape index (κ3) is 3.70. The van der Waals surface area contributed by atoms with E-state index < -0.39 is 0 Å². The third-order valence-corrected chi connectivity index (χ3v) is 3.27. The second-order valence-corrected chi connectivity index (χ2v) is 6.50. The van der Waals surface area contributed by atoms with Gasteiger partial charge in [-0.1, -0.05) is 23.8 Å². The lowest BCUT2D eigenvalue weighted by molar-refractivity contribution is 0.420. The zero-order valence-electron chi connectivity index (χ0n) is 13.0. The number of hydrogen-bond donors (Lipinski definition) is 1. The smallest absolute Gasteiger partial charge is 0.0841 e. The Morgan fingerprint density at radius 2 is 2.00 bits per heavy atom. The number of allylic oxidation sites excluding steroid dienone is 1. The Morgan fingerprint density at radius 1 is 1.30 bits per heavy atom. The van der Waals surface area contributed by atoms with Gasteiger partial charge in [0.15, 0.2) is 0 Å². The standard InChI is InChI=1S/C17H25N3/c1-13(2)10-11-20-16-9-7-6-8-14(16)15(19-20)12-18-17(3,4)5/h6-9,18H,1,10-12H2,2-5H3. The summed E-state index contributed by atoms with van der Waals surface area (Å²) in [5.74, 6) is 0. The van der Waals surface area contributed by atoms with E-state index in [1.807, 2.05) is 0 Å². The van der Waals surface area contributed by atoms with Gasteiger partial charge in [0.2, 0.25) is 0 Å². The molecule has 20 heavy (non-hydrogen) atoms. The van der Waals surface area contributed by atoms with Crippen molar-refractivity contribution in [3.63, 3.8) is 0 Å². The van der Waals surface area contributed by atoms with Crippen LogP contribution in [0.25, 0.3) is 10.9 Å². The fourth-order valence-corrected chi connectivity index (χ4v) is 2.14. The number of nitrogens with one attached hydrogen (secondary N) is 1. The summed E-state index contributed by atoms with van der Waals surface area (Å²) < 4.78 is 2.10. The minimum atomic E-state index is 0.0998. The van der Waals surface area contributed by atoms with E-state index >= 15 is 0 Å².